The molecule has 2 aliphatic rings. The Bertz CT molecular complexity index is 991. The van der Waals surface area contributed by atoms with E-state index >= 15 is 0 Å². The van der Waals surface area contributed by atoms with Crippen LogP contribution in [0, 0.1) is 5.82 Å². The van der Waals surface area contributed by atoms with Gasteiger partial charge in [0.1, 0.15) is 5.82 Å². The zero-order chi connectivity index (χ0) is 23.2. The number of hydrogen-bond acceptors (Lipinski definition) is 4. The van der Waals surface area contributed by atoms with E-state index in [4.69, 9.17) is 11.6 Å². The third kappa shape index (κ3) is 6.08. The lowest BCUT2D eigenvalue weighted by atomic mass is 10.1. The van der Waals surface area contributed by atoms with Gasteiger partial charge in [0.15, 0.2) is 0 Å². The third-order valence-electron chi connectivity index (χ3n) is 6.18. The van der Waals surface area contributed by atoms with Gasteiger partial charge in [-0.05, 0) is 69.2 Å². The number of nitrogens with zero attached hydrogens (tertiary/aromatic N) is 2. The number of hydrogen-bond donors (Lipinski definition) is 1. The molecule has 2 amide bonds. The van der Waals surface area contributed by atoms with Crippen molar-refractivity contribution in [3.8, 4) is 0 Å². The van der Waals surface area contributed by atoms with Crippen molar-refractivity contribution in [2.45, 2.75) is 43.5 Å². The number of carbonyl (C=O) groups excluding carboxylic acids is 2. The molecule has 2 aromatic rings. The van der Waals surface area contributed by atoms with Crippen molar-refractivity contribution < 1.29 is 14.0 Å². The van der Waals surface area contributed by atoms with Crippen molar-refractivity contribution in [3.63, 3.8) is 0 Å². The summed E-state index contributed by atoms with van der Waals surface area (Å²) in [7, 11) is 0. The van der Waals surface area contributed by atoms with Gasteiger partial charge in [-0.2, -0.15) is 0 Å². The second-order valence-corrected chi connectivity index (χ2v) is 9.94. The molecule has 1 saturated heterocycles. The minimum Gasteiger partial charge on any atom is -0.352 e. The van der Waals surface area contributed by atoms with Crippen LogP contribution >= 0.6 is 23.4 Å². The van der Waals surface area contributed by atoms with E-state index < -0.39 is 5.82 Å². The average Bonchev–Trinajstić information content (AvgIpc) is 3.09. The molecule has 0 bridgehead atoms. The fourth-order valence-electron chi connectivity index (χ4n) is 4.32. The predicted molar refractivity (Wildman–Crippen MR) is 132 cm³/mol. The minimum atomic E-state index is -0.451. The molecular formula is C25H29ClFN3O2S. The van der Waals surface area contributed by atoms with Gasteiger partial charge in [0.05, 0.1) is 18.0 Å². The van der Waals surface area contributed by atoms with Gasteiger partial charge in [0.2, 0.25) is 5.91 Å². The van der Waals surface area contributed by atoms with Crippen LogP contribution in [-0.4, -0.2) is 48.6 Å². The summed E-state index contributed by atoms with van der Waals surface area (Å²) in [5.41, 5.74) is 1.38. The molecule has 176 valence electrons. The summed E-state index contributed by atoms with van der Waals surface area (Å²) in [5.74, 6) is -0.489. The minimum absolute atomic E-state index is 0.0266. The highest BCUT2D eigenvalue weighted by atomic mass is 35.5. The van der Waals surface area contributed by atoms with Crippen LogP contribution in [0.1, 0.15) is 48.0 Å². The number of amides is 2. The fourth-order valence-corrected chi connectivity index (χ4v) is 5.46. The first-order chi connectivity index (χ1) is 16.0. The molecule has 1 fully saturated rings. The fraction of sp³-hybridized carbons (Fsp3) is 0.440. The zero-order valence-corrected chi connectivity index (χ0v) is 20.2. The monoisotopic (exact) mass is 489 g/mol. The summed E-state index contributed by atoms with van der Waals surface area (Å²) >= 11 is 7.61. The molecule has 2 aliphatic heterocycles. The molecule has 0 aliphatic carbocycles. The maximum atomic E-state index is 14.4. The van der Waals surface area contributed by atoms with E-state index in [2.05, 4.69) is 10.2 Å². The predicted octanol–water partition coefficient (Wildman–Crippen LogP) is 5.11. The van der Waals surface area contributed by atoms with Crippen LogP contribution in [0.5, 0.6) is 0 Å². The maximum absolute atomic E-state index is 14.4. The smallest absolute Gasteiger partial charge is 0.251 e. The second-order valence-electron chi connectivity index (χ2n) is 8.52. The molecule has 33 heavy (non-hydrogen) atoms. The number of benzene rings is 2. The molecule has 0 radical (unpaired) electrons. The van der Waals surface area contributed by atoms with Crippen LogP contribution < -0.4 is 10.2 Å². The van der Waals surface area contributed by atoms with Gasteiger partial charge in [-0.3, -0.25) is 9.59 Å². The van der Waals surface area contributed by atoms with Gasteiger partial charge < -0.3 is 15.1 Å². The lowest BCUT2D eigenvalue weighted by molar-refractivity contribution is -0.116. The van der Waals surface area contributed by atoms with E-state index in [1.165, 1.54) is 54.5 Å². The summed E-state index contributed by atoms with van der Waals surface area (Å²) in [6, 6.07) is 9.84. The van der Waals surface area contributed by atoms with Crippen molar-refractivity contribution in [1.29, 1.82) is 0 Å². The quantitative estimate of drug-likeness (QED) is 0.549. The van der Waals surface area contributed by atoms with Gasteiger partial charge in [-0.25, -0.2) is 4.39 Å². The van der Waals surface area contributed by atoms with Crippen LogP contribution in [0.25, 0.3) is 0 Å². The molecule has 4 rings (SSSR count). The van der Waals surface area contributed by atoms with Crippen molar-refractivity contribution in [1.82, 2.24) is 10.2 Å². The normalized spacial score (nSPS) is 16.9. The van der Waals surface area contributed by atoms with Gasteiger partial charge in [0.25, 0.3) is 5.91 Å². The third-order valence-corrected chi connectivity index (χ3v) is 7.58. The van der Waals surface area contributed by atoms with Crippen LogP contribution in [-0.2, 0) is 11.3 Å². The highest BCUT2D eigenvalue weighted by Crippen LogP contribution is 2.37. The van der Waals surface area contributed by atoms with E-state index in [1.54, 1.807) is 18.2 Å². The number of anilines is 1. The summed E-state index contributed by atoms with van der Waals surface area (Å²) < 4.78 is 14.4. The Morgan fingerprint density at radius 3 is 2.67 bits per heavy atom. The topological polar surface area (TPSA) is 52.7 Å². The first-order valence-corrected chi connectivity index (χ1v) is 12.9. The average molecular weight is 490 g/mol. The number of nitrogens with one attached hydrogen (secondary N) is 1. The number of thioether (sulfide) groups is 1. The molecule has 0 spiro atoms. The van der Waals surface area contributed by atoms with E-state index in [0.29, 0.717) is 17.8 Å². The van der Waals surface area contributed by atoms with Crippen molar-refractivity contribution in [2.75, 3.05) is 36.8 Å². The second kappa shape index (κ2) is 11.4. The molecule has 2 aromatic carbocycles. The van der Waals surface area contributed by atoms with E-state index in [9.17, 15) is 14.0 Å². The summed E-state index contributed by atoms with van der Waals surface area (Å²) in [5, 5.41) is 3.28. The van der Waals surface area contributed by atoms with E-state index in [1.807, 2.05) is 6.07 Å². The molecule has 0 saturated carbocycles. The highest BCUT2D eigenvalue weighted by molar-refractivity contribution is 8.00. The molecule has 1 N–H and O–H groups in total. The van der Waals surface area contributed by atoms with Gasteiger partial charge >= 0.3 is 0 Å². The van der Waals surface area contributed by atoms with Crippen molar-refractivity contribution in [2.24, 2.45) is 0 Å². The molecule has 2 heterocycles. The molecule has 0 atom stereocenters. The van der Waals surface area contributed by atoms with Gasteiger partial charge in [0, 0.05) is 27.6 Å². The number of fused-ring (bicyclic) bond motifs is 1. The van der Waals surface area contributed by atoms with E-state index in [-0.39, 0.29) is 34.7 Å². The van der Waals surface area contributed by atoms with Crippen LogP contribution in [0.2, 0.25) is 5.02 Å². The largest absolute Gasteiger partial charge is 0.352 e. The summed E-state index contributed by atoms with van der Waals surface area (Å²) in [6.45, 7) is 3.92. The van der Waals surface area contributed by atoms with Crippen LogP contribution in [0.3, 0.4) is 0 Å². The molecule has 8 heteroatoms. The first kappa shape index (κ1) is 24.0. The molecule has 0 aromatic heterocycles. The Morgan fingerprint density at radius 2 is 1.91 bits per heavy atom. The number of likely N-dealkylation sites (tertiary alicyclic amines) is 1. The Balaban J connectivity index is 1.41. The SMILES string of the molecule is O=C(NCCCN1CCCCCC1)c1ccc2c(c1)N(Cc1c(F)cccc1Cl)C(=O)CS2. The first-order valence-electron chi connectivity index (χ1n) is 11.5. The van der Waals surface area contributed by atoms with E-state index in [0.717, 1.165) is 31.0 Å². The van der Waals surface area contributed by atoms with Gasteiger partial charge in [-0.1, -0.05) is 30.5 Å². The molecule has 5 nitrogen and oxygen atoms in total. The summed E-state index contributed by atoms with van der Waals surface area (Å²) in [6.07, 6.45) is 6.04. The van der Waals surface area contributed by atoms with Crippen molar-refractivity contribution >= 4 is 40.9 Å². The number of carbonyl (C=O) groups is 2. The summed E-state index contributed by atoms with van der Waals surface area (Å²) in [4.78, 5) is 30.3. The number of rotatable bonds is 7. The number of halogens is 2. The Morgan fingerprint density at radius 1 is 1.12 bits per heavy atom. The zero-order valence-electron chi connectivity index (χ0n) is 18.6. The standard InChI is InChI=1S/C25H29ClFN3O2S/c26-20-7-5-8-21(27)19(20)16-30-22-15-18(9-10-23(22)33-17-24(30)31)25(32)28-11-6-14-29-12-3-1-2-4-13-29/h5,7-10,15H,1-4,6,11-14,16-17H2,(H,28,32). The molecular weight excluding hydrogens is 461 g/mol. The lowest BCUT2D eigenvalue weighted by Gasteiger charge is -2.30. The lowest BCUT2D eigenvalue weighted by Crippen LogP contribution is -2.35. The van der Waals surface area contributed by atoms with Crippen LogP contribution in [0.15, 0.2) is 41.3 Å². The Hall–Kier alpha value is -2.09. The molecule has 0 unspecified atom stereocenters. The Kier molecular flexibility index (Phi) is 8.28. The Labute approximate surface area is 203 Å². The van der Waals surface area contributed by atoms with Crippen molar-refractivity contribution in [3.05, 3.63) is 58.4 Å². The van der Waals surface area contributed by atoms with Gasteiger partial charge in [-0.15, -0.1) is 11.8 Å². The highest BCUT2D eigenvalue weighted by Gasteiger charge is 2.27. The maximum Gasteiger partial charge on any atom is 0.251 e. The van der Waals surface area contributed by atoms with Crippen LogP contribution in [0.4, 0.5) is 10.1 Å².